The van der Waals surface area contributed by atoms with Gasteiger partial charge in [-0.3, -0.25) is 9.78 Å². The van der Waals surface area contributed by atoms with Crippen LogP contribution < -0.4 is 5.32 Å². The number of nitrogens with one attached hydrogen (secondary N) is 2. The van der Waals surface area contributed by atoms with Crippen molar-refractivity contribution in [1.29, 1.82) is 0 Å². The number of aryl methyl sites for hydroxylation is 2. The minimum atomic E-state index is -0.130. The molecule has 1 atom stereocenters. The fraction of sp³-hybridized carbons (Fsp3) is 0.375. The summed E-state index contributed by atoms with van der Waals surface area (Å²) in [7, 11) is 0. The van der Waals surface area contributed by atoms with Crippen LogP contribution in [0, 0.1) is 0 Å². The van der Waals surface area contributed by atoms with Gasteiger partial charge in [-0.2, -0.15) is 5.10 Å². The molecule has 1 aliphatic heterocycles. The van der Waals surface area contributed by atoms with Gasteiger partial charge < -0.3 is 10.3 Å². The maximum absolute atomic E-state index is 12.6. The SMILES string of the molecule is CCc1nc2n(n1)CCC[C@@H]2NC(=O)c1c[nH]c2cccnc12. The number of pyridine rings is 1. The first kappa shape index (κ1) is 13.9. The Morgan fingerprint density at radius 2 is 2.43 bits per heavy atom. The molecule has 0 fully saturated rings. The molecule has 23 heavy (non-hydrogen) atoms. The van der Waals surface area contributed by atoms with E-state index in [-0.39, 0.29) is 11.9 Å². The van der Waals surface area contributed by atoms with E-state index in [2.05, 4.69) is 25.4 Å². The molecule has 4 heterocycles. The summed E-state index contributed by atoms with van der Waals surface area (Å²) in [5, 5.41) is 7.56. The highest BCUT2D eigenvalue weighted by Crippen LogP contribution is 2.24. The maximum Gasteiger partial charge on any atom is 0.255 e. The van der Waals surface area contributed by atoms with Gasteiger partial charge in [-0.25, -0.2) is 9.67 Å². The molecule has 3 aromatic heterocycles. The van der Waals surface area contributed by atoms with E-state index < -0.39 is 0 Å². The van der Waals surface area contributed by atoms with E-state index in [1.165, 1.54) is 0 Å². The number of carbonyl (C=O) groups excluding carboxylic acids is 1. The Kier molecular flexibility index (Phi) is 3.33. The van der Waals surface area contributed by atoms with Crippen molar-refractivity contribution in [3.8, 4) is 0 Å². The van der Waals surface area contributed by atoms with E-state index in [4.69, 9.17) is 0 Å². The molecule has 7 heteroatoms. The fourth-order valence-electron chi connectivity index (χ4n) is 3.05. The molecule has 0 aliphatic carbocycles. The van der Waals surface area contributed by atoms with Crippen LogP contribution in [-0.4, -0.2) is 30.6 Å². The van der Waals surface area contributed by atoms with Crippen LogP contribution in [0.2, 0.25) is 0 Å². The van der Waals surface area contributed by atoms with Crippen molar-refractivity contribution in [2.75, 3.05) is 0 Å². The normalized spacial score (nSPS) is 17.2. The first-order valence-corrected chi connectivity index (χ1v) is 7.93. The van der Waals surface area contributed by atoms with E-state index in [1.807, 2.05) is 23.7 Å². The Hall–Kier alpha value is -2.70. The van der Waals surface area contributed by atoms with Crippen molar-refractivity contribution in [3.63, 3.8) is 0 Å². The lowest BCUT2D eigenvalue weighted by Crippen LogP contribution is -2.33. The number of aromatic amines is 1. The number of H-pyrrole nitrogens is 1. The fourth-order valence-corrected chi connectivity index (χ4v) is 3.05. The molecule has 0 radical (unpaired) electrons. The summed E-state index contributed by atoms with van der Waals surface area (Å²) in [5.41, 5.74) is 2.11. The molecule has 0 unspecified atom stereocenters. The van der Waals surface area contributed by atoms with Crippen molar-refractivity contribution >= 4 is 16.9 Å². The zero-order valence-electron chi connectivity index (χ0n) is 12.9. The zero-order chi connectivity index (χ0) is 15.8. The monoisotopic (exact) mass is 310 g/mol. The molecular formula is C16H18N6O. The predicted octanol–water partition coefficient (Wildman–Crippen LogP) is 1.98. The molecule has 0 spiro atoms. The molecule has 2 N–H and O–H groups in total. The minimum absolute atomic E-state index is 0.0993. The third-order valence-electron chi connectivity index (χ3n) is 4.22. The van der Waals surface area contributed by atoms with E-state index in [1.54, 1.807) is 12.4 Å². The molecule has 0 bridgehead atoms. The molecule has 4 rings (SSSR count). The summed E-state index contributed by atoms with van der Waals surface area (Å²) in [6.07, 6.45) is 6.06. The Morgan fingerprint density at radius 3 is 3.30 bits per heavy atom. The van der Waals surface area contributed by atoms with Crippen LogP contribution >= 0.6 is 0 Å². The van der Waals surface area contributed by atoms with Gasteiger partial charge in [0.15, 0.2) is 5.82 Å². The van der Waals surface area contributed by atoms with E-state index in [0.717, 1.165) is 43.0 Å². The number of amides is 1. The van der Waals surface area contributed by atoms with Gasteiger partial charge in [-0.1, -0.05) is 6.92 Å². The van der Waals surface area contributed by atoms with Crippen molar-refractivity contribution in [1.82, 2.24) is 30.0 Å². The van der Waals surface area contributed by atoms with Crippen molar-refractivity contribution in [3.05, 3.63) is 41.7 Å². The molecule has 0 aromatic carbocycles. The largest absolute Gasteiger partial charge is 0.359 e. The third kappa shape index (κ3) is 2.38. The molecule has 7 nitrogen and oxygen atoms in total. The summed E-state index contributed by atoms with van der Waals surface area (Å²) >= 11 is 0. The second-order valence-electron chi connectivity index (χ2n) is 5.73. The Bertz CT molecular complexity index is 864. The Morgan fingerprint density at radius 1 is 1.52 bits per heavy atom. The zero-order valence-corrected chi connectivity index (χ0v) is 12.9. The third-order valence-corrected chi connectivity index (χ3v) is 4.22. The number of rotatable bonds is 3. The number of nitrogens with zero attached hydrogens (tertiary/aromatic N) is 4. The smallest absolute Gasteiger partial charge is 0.255 e. The summed E-state index contributed by atoms with van der Waals surface area (Å²) in [6.45, 7) is 2.90. The quantitative estimate of drug-likeness (QED) is 0.774. The number of fused-ring (bicyclic) bond motifs is 2. The summed E-state index contributed by atoms with van der Waals surface area (Å²) in [5.74, 6) is 1.55. The van der Waals surface area contributed by atoms with Crippen LogP contribution in [0.1, 0.15) is 47.8 Å². The first-order chi connectivity index (χ1) is 11.3. The van der Waals surface area contributed by atoms with Crippen LogP contribution in [0.15, 0.2) is 24.5 Å². The molecule has 118 valence electrons. The molecule has 0 saturated heterocycles. The summed E-state index contributed by atoms with van der Waals surface area (Å²) in [4.78, 5) is 24.6. The van der Waals surface area contributed by atoms with Crippen molar-refractivity contribution in [2.24, 2.45) is 0 Å². The van der Waals surface area contributed by atoms with Crippen LogP contribution in [-0.2, 0) is 13.0 Å². The molecule has 1 amide bonds. The minimum Gasteiger partial charge on any atom is -0.359 e. The van der Waals surface area contributed by atoms with E-state index in [9.17, 15) is 4.79 Å². The van der Waals surface area contributed by atoms with Gasteiger partial charge in [0.05, 0.1) is 17.1 Å². The maximum atomic E-state index is 12.6. The van der Waals surface area contributed by atoms with E-state index >= 15 is 0 Å². The lowest BCUT2D eigenvalue weighted by molar-refractivity contribution is 0.0929. The molecule has 0 saturated carbocycles. The van der Waals surface area contributed by atoms with Gasteiger partial charge in [-0.05, 0) is 25.0 Å². The highest BCUT2D eigenvalue weighted by atomic mass is 16.1. The van der Waals surface area contributed by atoms with Gasteiger partial charge in [0, 0.05) is 25.4 Å². The Balaban J connectivity index is 1.61. The summed E-state index contributed by atoms with van der Waals surface area (Å²) in [6, 6.07) is 3.65. The molecule has 3 aromatic rings. The number of carbonyl (C=O) groups is 1. The second kappa shape index (κ2) is 5.49. The second-order valence-corrected chi connectivity index (χ2v) is 5.73. The van der Waals surface area contributed by atoms with Gasteiger partial charge in [0.2, 0.25) is 0 Å². The molecular weight excluding hydrogens is 292 g/mol. The number of aromatic nitrogens is 5. The van der Waals surface area contributed by atoms with Gasteiger partial charge >= 0.3 is 0 Å². The van der Waals surface area contributed by atoms with Gasteiger partial charge in [0.1, 0.15) is 11.3 Å². The Labute approximate surface area is 133 Å². The lowest BCUT2D eigenvalue weighted by Gasteiger charge is -2.22. The van der Waals surface area contributed by atoms with Crippen LogP contribution in [0.3, 0.4) is 0 Å². The van der Waals surface area contributed by atoms with Crippen LogP contribution in [0.4, 0.5) is 0 Å². The van der Waals surface area contributed by atoms with Gasteiger partial charge in [0.25, 0.3) is 5.91 Å². The average Bonchev–Trinajstić information content (AvgIpc) is 3.19. The van der Waals surface area contributed by atoms with Gasteiger partial charge in [-0.15, -0.1) is 0 Å². The van der Waals surface area contributed by atoms with Crippen molar-refractivity contribution < 1.29 is 4.79 Å². The summed E-state index contributed by atoms with van der Waals surface area (Å²) < 4.78 is 1.92. The topological polar surface area (TPSA) is 88.5 Å². The lowest BCUT2D eigenvalue weighted by atomic mass is 10.1. The van der Waals surface area contributed by atoms with E-state index in [0.29, 0.717) is 11.1 Å². The molecule has 1 aliphatic rings. The standard InChI is InChI=1S/C16H18N6O/c1-2-13-20-15-12(6-4-8-22(15)21-13)19-16(23)10-9-18-11-5-3-7-17-14(10)11/h3,5,7,9,12,18H,2,4,6,8H2,1H3,(H,19,23)/t12-/m0/s1. The van der Waals surface area contributed by atoms with Crippen LogP contribution in [0.5, 0.6) is 0 Å². The highest BCUT2D eigenvalue weighted by molar-refractivity contribution is 6.05. The number of hydrogen-bond acceptors (Lipinski definition) is 4. The van der Waals surface area contributed by atoms with Crippen LogP contribution in [0.25, 0.3) is 11.0 Å². The first-order valence-electron chi connectivity index (χ1n) is 7.93. The van der Waals surface area contributed by atoms with Crippen molar-refractivity contribution in [2.45, 2.75) is 38.8 Å². The number of hydrogen-bond donors (Lipinski definition) is 2. The average molecular weight is 310 g/mol. The predicted molar refractivity (Wildman–Crippen MR) is 84.9 cm³/mol. The highest BCUT2D eigenvalue weighted by Gasteiger charge is 2.26.